The summed E-state index contributed by atoms with van der Waals surface area (Å²) in [7, 11) is 0. The van der Waals surface area contributed by atoms with Crippen LogP contribution in [0.4, 0.5) is 4.39 Å². The van der Waals surface area contributed by atoms with Gasteiger partial charge in [-0.05, 0) is 43.3 Å². The summed E-state index contributed by atoms with van der Waals surface area (Å²) in [6, 6.07) is 9.53. The Labute approximate surface area is 167 Å². The van der Waals surface area contributed by atoms with Crippen molar-refractivity contribution in [3.8, 4) is 0 Å². The number of benzene rings is 2. The molecule has 0 saturated carbocycles. The molecule has 1 heterocycles. The first-order chi connectivity index (χ1) is 12.5. The number of carbonyl (C=O) groups excluding carboxylic acids is 1. The first kappa shape index (κ1) is 19.2. The highest BCUT2D eigenvalue weighted by atomic mass is 79.9. The number of hydrogen-bond donors (Lipinski definition) is 0. The highest BCUT2D eigenvalue weighted by Gasteiger charge is 2.13. The van der Waals surface area contributed by atoms with E-state index in [0.29, 0.717) is 24.6 Å². The summed E-state index contributed by atoms with van der Waals surface area (Å²) in [5.74, 6) is -1.00. The van der Waals surface area contributed by atoms with Crippen LogP contribution < -0.4 is 4.80 Å². The number of carbonyl (C=O) groups is 1. The number of fused-ring (bicyclic) bond motifs is 1. The fraction of sp³-hybridized carbons (Fsp3) is 0.222. The molecule has 3 rings (SSSR count). The predicted octanol–water partition coefficient (Wildman–Crippen LogP) is 5.04. The largest absolute Gasteiger partial charge is 0.380 e. The maximum absolute atomic E-state index is 13.2. The Morgan fingerprint density at radius 1 is 1.35 bits per heavy atom. The Morgan fingerprint density at radius 3 is 2.88 bits per heavy atom. The van der Waals surface area contributed by atoms with Crippen molar-refractivity contribution in [1.29, 1.82) is 0 Å². The van der Waals surface area contributed by atoms with Crippen molar-refractivity contribution in [3.63, 3.8) is 0 Å². The first-order valence-electron chi connectivity index (χ1n) is 7.90. The third kappa shape index (κ3) is 4.23. The number of thiazole rings is 1. The van der Waals surface area contributed by atoms with Gasteiger partial charge in [-0.3, -0.25) is 4.79 Å². The van der Waals surface area contributed by atoms with Crippen LogP contribution in [0.3, 0.4) is 0 Å². The van der Waals surface area contributed by atoms with Crippen LogP contribution in [-0.4, -0.2) is 23.7 Å². The Balaban J connectivity index is 2.08. The standard InChI is InChI=1S/C18H15BrClFN2O2S/c1-2-25-8-7-23-15-6-3-11(19)9-16(15)26-18(23)22-17(24)13-5-4-12(21)10-14(13)20/h3-6,9-10H,2,7-8H2,1H3. The van der Waals surface area contributed by atoms with Crippen LogP contribution in [0.1, 0.15) is 17.3 Å². The Morgan fingerprint density at radius 2 is 2.15 bits per heavy atom. The van der Waals surface area contributed by atoms with Gasteiger partial charge in [-0.15, -0.1) is 0 Å². The van der Waals surface area contributed by atoms with E-state index >= 15 is 0 Å². The van der Waals surface area contributed by atoms with E-state index in [-0.39, 0.29) is 10.6 Å². The van der Waals surface area contributed by atoms with E-state index in [9.17, 15) is 9.18 Å². The summed E-state index contributed by atoms with van der Waals surface area (Å²) in [4.78, 5) is 17.3. The van der Waals surface area contributed by atoms with Crippen molar-refractivity contribution < 1.29 is 13.9 Å². The molecule has 0 aliphatic rings. The summed E-state index contributed by atoms with van der Waals surface area (Å²) in [5, 5.41) is 0.0449. The zero-order valence-corrected chi connectivity index (χ0v) is 17.0. The molecule has 2 aromatic carbocycles. The first-order valence-corrected chi connectivity index (χ1v) is 9.89. The second-order valence-electron chi connectivity index (χ2n) is 5.39. The molecule has 0 spiro atoms. The molecule has 1 amide bonds. The smallest absolute Gasteiger partial charge is 0.281 e. The van der Waals surface area contributed by atoms with Crippen molar-refractivity contribution in [1.82, 2.24) is 4.57 Å². The zero-order valence-electron chi connectivity index (χ0n) is 13.8. The van der Waals surface area contributed by atoms with Crippen molar-refractivity contribution in [2.45, 2.75) is 13.5 Å². The zero-order chi connectivity index (χ0) is 18.7. The molecule has 26 heavy (non-hydrogen) atoms. The van der Waals surface area contributed by atoms with Gasteiger partial charge in [-0.1, -0.05) is 38.9 Å². The fourth-order valence-electron chi connectivity index (χ4n) is 2.46. The van der Waals surface area contributed by atoms with Gasteiger partial charge in [0.2, 0.25) is 0 Å². The van der Waals surface area contributed by atoms with Crippen LogP contribution in [0.5, 0.6) is 0 Å². The monoisotopic (exact) mass is 456 g/mol. The lowest BCUT2D eigenvalue weighted by atomic mass is 10.2. The maximum Gasteiger partial charge on any atom is 0.281 e. The molecule has 0 bridgehead atoms. The molecule has 1 aromatic heterocycles. The molecule has 0 unspecified atom stereocenters. The van der Waals surface area contributed by atoms with E-state index in [1.807, 2.05) is 29.7 Å². The normalized spacial score (nSPS) is 12.1. The minimum absolute atomic E-state index is 0.0449. The van der Waals surface area contributed by atoms with Crippen molar-refractivity contribution in [2.75, 3.05) is 13.2 Å². The molecule has 0 aliphatic heterocycles. The average Bonchev–Trinajstić information content (AvgIpc) is 2.91. The molecule has 0 fully saturated rings. The highest BCUT2D eigenvalue weighted by Crippen LogP contribution is 2.23. The number of rotatable bonds is 5. The van der Waals surface area contributed by atoms with E-state index in [4.69, 9.17) is 16.3 Å². The van der Waals surface area contributed by atoms with Crippen LogP contribution in [0.25, 0.3) is 10.2 Å². The third-order valence-corrected chi connectivity index (χ3v) is 5.51. The number of aromatic nitrogens is 1. The summed E-state index contributed by atoms with van der Waals surface area (Å²) in [5.41, 5.74) is 1.14. The molecular formula is C18H15BrClFN2O2S. The molecule has 0 radical (unpaired) electrons. The van der Waals surface area contributed by atoms with E-state index in [0.717, 1.165) is 20.8 Å². The number of halogens is 3. The lowest BCUT2D eigenvalue weighted by Gasteiger charge is -2.05. The van der Waals surface area contributed by atoms with Crippen molar-refractivity contribution >= 4 is 55.0 Å². The number of ether oxygens (including phenoxy) is 1. The molecule has 0 aliphatic carbocycles. The van der Waals surface area contributed by atoms with Crippen LogP contribution in [0, 0.1) is 5.82 Å². The summed E-state index contributed by atoms with van der Waals surface area (Å²) >= 11 is 10.8. The predicted molar refractivity (Wildman–Crippen MR) is 105 cm³/mol. The average molecular weight is 458 g/mol. The van der Waals surface area contributed by atoms with Crippen molar-refractivity contribution in [2.24, 2.45) is 4.99 Å². The number of nitrogens with zero attached hydrogens (tertiary/aromatic N) is 2. The second-order valence-corrected chi connectivity index (χ2v) is 7.72. The van der Waals surface area contributed by atoms with Gasteiger partial charge in [0, 0.05) is 17.6 Å². The van der Waals surface area contributed by atoms with Crippen molar-refractivity contribution in [3.05, 3.63) is 62.1 Å². The van der Waals surface area contributed by atoms with Gasteiger partial charge < -0.3 is 9.30 Å². The van der Waals surface area contributed by atoms with E-state index in [1.54, 1.807) is 0 Å². The molecule has 8 heteroatoms. The van der Waals surface area contributed by atoms with Gasteiger partial charge in [0.05, 0.1) is 27.4 Å². The van der Waals surface area contributed by atoms with Crippen LogP contribution >= 0.6 is 38.9 Å². The van der Waals surface area contributed by atoms with Crippen LogP contribution in [0.2, 0.25) is 5.02 Å². The molecule has 0 atom stereocenters. The van der Waals surface area contributed by atoms with Gasteiger partial charge in [0.15, 0.2) is 4.80 Å². The second kappa shape index (κ2) is 8.43. The van der Waals surface area contributed by atoms with E-state index in [2.05, 4.69) is 20.9 Å². The van der Waals surface area contributed by atoms with E-state index < -0.39 is 11.7 Å². The van der Waals surface area contributed by atoms with Crippen LogP contribution in [-0.2, 0) is 11.3 Å². The number of hydrogen-bond acceptors (Lipinski definition) is 3. The van der Waals surface area contributed by atoms with Gasteiger partial charge in [0.25, 0.3) is 5.91 Å². The third-order valence-electron chi connectivity index (χ3n) is 3.67. The maximum atomic E-state index is 13.2. The van der Waals surface area contributed by atoms with Crippen LogP contribution in [0.15, 0.2) is 45.9 Å². The summed E-state index contributed by atoms with van der Waals surface area (Å²) in [6.45, 7) is 3.62. The molecule has 0 N–H and O–H groups in total. The fourth-order valence-corrected chi connectivity index (χ4v) is 4.31. The Hall–Kier alpha value is -1.54. The summed E-state index contributed by atoms with van der Waals surface area (Å²) < 4.78 is 22.5. The molecule has 136 valence electrons. The number of amides is 1. The molecular weight excluding hydrogens is 443 g/mol. The molecule has 3 aromatic rings. The minimum atomic E-state index is -0.509. The Bertz CT molecular complexity index is 1030. The van der Waals surface area contributed by atoms with E-state index in [1.165, 1.54) is 23.5 Å². The highest BCUT2D eigenvalue weighted by molar-refractivity contribution is 9.10. The SMILES string of the molecule is CCOCCn1c(=NC(=O)c2ccc(F)cc2Cl)sc2cc(Br)ccc21. The lowest BCUT2D eigenvalue weighted by Crippen LogP contribution is -2.19. The summed E-state index contributed by atoms with van der Waals surface area (Å²) in [6.07, 6.45) is 0. The topological polar surface area (TPSA) is 43.6 Å². The Kier molecular flexibility index (Phi) is 6.24. The quantitative estimate of drug-likeness (QED) is 0.504. The lowest BCUT2D eigenvalue weighted by molar-refractivity contribution is 0.0996. The molecule has 0 saturated heterocycles. The van der Waals surface area contributed by atoms with Gasteiger partial charge in [0.1, 0.15) is 5.82 Å². The minimum Gasteiger partial charge on any atom is -0.380 e. The van der Waals surface area contributed by atoms with Gasteiger partial charge >= 0.3 is 0 Å². The molecule has 4 nitrogen and oxygen atoms in total. The van der Waals surface area contributed by atoms with Gasteiger partial charge in [-0.2, -0.15) is 4.99 Å². The van der Waals surface area contributed by atoms with Gasteiger partial charge in [-0.25, -0.2) is 4.39 Å².